The SMILES string of the molecule is Cl.Cl.O=C(CNCC1CC1)NCc1ccc(C(=O)NCCN2CCCC2)cc1. The number of hydrogen-bond donors (Lipinski definition) is 3. The average molecular weight is 431 g/mol. The number of nitrogens with zero attached hydrogens (tertiary/aromatic N) is 1. The molecule has 2 aliphatic rings. The van der Waals surface area contributed by atoms with Crippen LogP contribution in [-0.2, 0) is 11.3 Å². The van der Waals surface area contributed by atoms with Gasteiger partial charge in [-0.2, -0.15) is 0 Å². The second-order valence-electron chi connectivity index (χ2n) is 7.35. The maximum atomic E-state index is 12.2. The van der Waals surface area contributed by atoms with Gasteiger partial charge in [0, 0.05) is 25.2 Å². The summed E-state index contributed by atoms with van der Waals surface area (Å²) < 4.78 is 0. The zero-order valence-electron chi connectivity index (χ0n) is 16.2. The summed E-state index contributed by atoms with van der Waals surface area (Å²) in [5, 5.41) is 9.05. The Labute approximate surface area is 180 Å². The Morgan fingerprint density at radius 1 is 1.00 bits per heavy atom. The quantitative estimate of drug-likeness (QED) is 0.530. The zero-order chi connectivity index (χ0) is 18.2. The first-order chi connectivity index (χ1) is 12.7. The number of nitrogens with one attached hydrogen (secondary N) is 3. The molecule has 0 atom stereocenters. The maximum absolute atomic E-state index is 12.2. The van der Waals surface area contributed by atoms with Crippen molar-refractivity contribution in [3.05, 3.63) is 35.4 Å². The number of likely N-dealkylation sites (tertiary alicyclic amines) is 1. The number of halogens is 2. The number of benzene rings is 1. The molecular formula is C20H32Cl2N4O2. The van der Waals surface area contributed by atoms with Gasteiger partial charge in [0.15, 0.2) is 0 Å². The van der Waals surface area contributed by atoms with Gasteiger partial charge in [0.05, 0.1) is 6.54 Å². The van der Waals surface area contributed by atoms with Gasteiger partial charge in [-0.25, -0.2) is 0 Å². The van der Waals surface area contributed by atoms with Crippen LogP contribution in [0.4, 0.5) is 0 Å². The number of hydrogen-bond acceptors (Lipinski definition) is 4. The van der Waals surface area contributed by atoms with E-state index in [9.17, 15) is 9.59 Å². The third kappa shape index (κ3) is 8.78. The van der Waals surface area contributed by atoms with Crippen LogP contribution in [0.15, 0.2) is 24.3 Å². The van der Waals surface area contributed by atoms with E-state index in [4.69, 9.17) is 0 Å². The molecule has 28 heavy (non-hydrogen) atoms. The van der Waals surface area contributed by atoms with E-state index in [0.717, 1.165) is 37.7 Å². The van der Waals surface area contributed by atoms with Gasteiger partial charge in [-0.05, 0) is 68.9 Å². The van der Waals surface area contributed by atoms with E-state index in [-0.39, 0.29) is 36.6 Å². The van der Waals surface area contributed by atoms with E-state index in [0.29, 0.717) is 25.2 Å². The summed E-state index contributed by atoms with van der Waals surface area (Å²) in [7, 11) is 0. The molecule has 158 valence electrons. The smallest absolute Gasteiger partial charge is 0.251 e. The molecule has 0 bridgehead atoms. The predicted molar refractivity (Wildman–Crippen MR) is 116 cm³/mol. The Morgan fingerprint density at radius 2 is 1.68 bits per heavy atom. The molecule has 1 aliphatic heterocycles. The monoisotopic (exact) mass is 430 g/mol. The van der Waals surface area contributed by atoms with Crippen molar-refractivity contribution in [1.29, 1.82) is 0 Å². The van der Waals surface area contributed by atoms with Crippen molar-refractivity contribution in [3.63, 3.8) is 0 Å². The Bertz CT molecular complexity index is 603. The average Bonchev–Trinajstić information content (AvgIpc) is 3.33. The van der Waals surface area contributed by atoms with E-state index >= 15 is 0 Å². The highest BCUT2D eigenvalue weighted by Gasteiger charge is 2.20. The highest BCUT2D eigenvalue weighted by atomic mass is 35.5. The van der Waals surface area contributed by atoms with Crippen LogP contribution in [0.1, 0.15) is 41.6 Å². The lowest BCUT2D eigenvalue weighted by atomic mass is 10.1. The third-order valence-electron chi connectivity index (χ3n) is 5.03. The molecule has 0 radical (unpaired) electrons. The maximum Gasteiger partial charge on any atom is 0.251 e. The minimum atomic E-state index is -0.0379. The fraction of sp³-hybridized carbons (Fsp3) is 0.600. The van der Waals surface area contributed by atoms with Crippen LogP contribution in [0.3, 0.4) is 0 Å². The molecule has 1 heterocycles. The first-order valence-electron chi connectivity index (χ1n) is 9.77. The molecule has 1 saturated carbocycles. The van der Waals surface area contributed by atoms with E-state index in [2.05, 4.69) is 20.9 Å². The van der Waals surface area contributed by atoms with Crippen LogP contribution in [0, 0.1) is 5.92 Å². The number of carbonyl (C=O) groups excluding carboxylic acids is 2. The standard InChI is InChI=1S/C20H30N4O2.2ClH/c25-19(15-21-13-16-3-4-16)23-14-17-5-7-18(8-6-17)20(26)22-9-12-24-10-1-2-11-24;;/h5-8,16,21H,1-4,9-15H2,(H,22,26)(H,23,25);2*1H. The number of amides is 2. The summed E-state index contributed by atoms with van der Waals surface area (Å²) in [6.45, 7) is 5.69. The van der Waals surface area contributed by atoms with Crippen LogP contribution in [0.25, 0.3) is 0 Å². The first-order valence-corrected chi connectivity index (χ1v) is 9.77. The fourth-order valence-electron chi connectivity index (χ4n) is 3.18. The summed E-state index contributed by atoms with van der Waals surface area (Å²) >= 11 is 0. The van der Waals surface area contributed by atoms with Crippen molar-refractivity contribution in [2.75, 3.05) is 39.3 Å². The lowest BCUT2D eigenvalue weighted by molar-refractivity contribution is -0.120. The molecule has 8 heteroatoms. The summed E-state index contributed by atoms with van der Waals surface area (Å²) in [5.41, 5.74) is 1.65. The summed E-state index contributed by atoms with van der Waals surface area (Å²) in [6.07, 6.45) is 5.10. The summed E-state index contributed by atoms with van der Waals surface area (Å²) in [5.74, 6) is 0.746. The third-order valence-corrected chi connectivity index (χ3v) is 5.03. The molecule has 1 saturated heterocycles. The lowest BCUT2D eigenvalue weighted by Gasteiger charge is -2.14. The van der Waals surface area contributed by atoms with Gasteiger partial charge in [0.2, 0.25) is 5.91 Å². The lowest BCUT2D eigenvalue weighted by Crippen LogP contribution is -2.34. The highest BCUT2D eigenvalue weighted by molar-refractivity contribution is 5.94. The number of carbonyl (C=O) groups is 2. The van der Waals surface area contributed by atoms with Gasteiger partial charge in [-0.1, -0.05) is 12.1 Å². The molecule has 6 nitrogen and oxygen atoms in total. The molecule has 2 amide bonds. The zero-order valence-corrected chi connectivity index (χ0v) is 17.9. The van der Waals surface area contributed by atoms with Gasteiger partial charge < -0.3 is 20.9 Å². The van der Waals surface area contributed by atoms with Crippen LogP contribution in [0.5, 0.6) is 0 Å². The van der Waals surface area contributed by atoms with E-state index < -0.39 is 0 Å². The predicted octanol–water partition coefficient (Wildman–Crippen LogP) is 1.97. The van der Waals surface area contributed by atoms with Crippen molar-refractivity contribution in [2.45, 2.75) is 32.2 Å². The van der Waals surface area contributed by atoms with Gasteiger partial charge in [0.1, 0.15) is 0 Å². The van der Waals surface area contributed by atoms with Crippen molar-refractivity contribution in [3.8, 4) is 0 Å². The molecule has 1 aliphatic carbocycles. The Balaban J connectivity index is 0.00000196. The minimum absolute atomic E-state index is 0. The normalized spacial score (nSPS) is 16.0. The van der Waals surface area contributed by atoms with Crippen molar-refractivity contribution >= 4 is 36.6 Å². The van der Waals surface area contributed by atoms with E-state index in [1.807, 2.05) is 24.3 Å². The van der Waals surface area contributed by atoms with Crippen molar-refractivity contribution < 1.29 is 9.59 Å². The van der Waals surface area contributed by atoms with Gasteiger partial charge in [-0.3, -0.25) is 9.59 Å². The molecule has 3 rings (SSSR count). The topological polar surface area (TPSA) is 73.5 Å². The first kappa shape index (κ1) is 24.7. The molecule has 0 aromatic heterocycles. The second-order valence-corrected chi connectivity index (χ2v) is 7.35. The molecular weight excluding hydrogens is 399 g/mol. The largest absolute Gasteiger partial charge is 0.351 e. The van der Waals surface area contributed by atoms with Gasteiger partial charge in [0.25, 0.3) is 5.91 Å². The van der Waals surface area contributed by atoms with E-state index in [1.54, 1.807) is 0 Å². The molecule has 3 N–H and O–H groups in total. The second kappa shape index (κ2) is 13.0. The van der Waals surface area contributed by atoms with Crippen LogP contribution in [-0.4, -0.2) is 56.0 Å². The molecule has 1 aromatic rings. The molecule has 0 unspecified atom stereocenters. The highest BCUT2D eigenvalue weighted by Crippen LogP contribution is 2.27. The van der Waals surface area contributed by atoms with Crippen LogP contribution < -0.4 is 16.0 Å². The Hall–Kier alpha value is -1.34. The Kier molecular flexibility index (Phi) is 11.5. The molecule has 2 fully saturated rings. The van der Waals surface area contributed by atoms with Crippen molar-refractivity contribution in [1.82, 2.24) is 20.9 Å². The minimum Gasteiger partial charge on any atom is -0.351 e. The van der Waals surface area contributed by atoms with Crippen LogP contribution in [0.2, 0.25) is 0 Å². The van der Waals surface area contributed by atoms with Crippen molar-refractivity contribution in [2.24, 2.45) is 5.92 Å². The number of rotatable bonds is 10. The van der Waals surface area contributed by atoms with Gasteiger partial charge >= 0.3 is 0 Å². The van der Waals surface area contributed by atoms with Gasteiger partial charge in [-0.15, -0.1) is 24.8 Å². The summed E-state index contributed by atoms with van der Waals surface area (Å²) in [6, 6.07) is 7.43. The fourth-order valence-corrected chi connectivity index (χ4v) is 3.18. The molecule has 0 spiro atoms. The van der Waals surface area contributed by atoms with E-state index in [1.165, 1.54) is 25.7 Å². The van der Waals surface area contributed by atoms with Crippen LogP contribution >= 0.6 is 24.8 Å². The Morgan fingerprint density at radius 3 is 2.32 bits per heavy atom. The summed E-state index contributed by atoms with van der Waals surface area (Å²) in [4.78, 5) is 26.3. The molecule has 1 aromatic carbocycles.